The summed E-state index contributed by atoms with van der Waals surface area (Å²) in [6.45, 7) is 3.98. The second-order valence-electron chi connectivity index (χ2n) is 4.88. The molecule has 1 heterocycles. The van der Waals surface area contributed by atoms with E-state index in [0.717, 1.165) is 30.7 Å². The SMILES string of the molecule is CN1CCN(Cc2cc(Br)ccc2OC(F)(F)F)CC1. The molecule has 0 aliphatic carbocycles. The number of benzene rings is 1. The first-order chi connectivity index (χ1) is 9.33. The molecular weight excluding hydrogens is 337 g/mol. The van der Waals surface area contributed by atoms with Crippen LogP contribution in [0.5, 0.6) is 5.75 Å². The van der Waals surface area contributed by atoms with Crippen molar-refractivity contribution in [3.63, 3.8) is 0 Å². The summed E-state index contributed by atoms with van der Waals surface area (Å²) < 4.78 is 42.0. The van der Waals surface area contributed by atoms with Crippen LogP contribution in [0.1, 0.15) is 5.56 Å². The maximum atomic E-state index is 12.4. The van der Waals surface area contributed by atoms with Crippen LogP contribution in [-0.2, 0) is 6.54 Å². The van der Waals surface area contributed by atoms with Crippen LogP contribution in [0.3, 0.4) is 0 Å². The van der Waals surface area contributed by atoms with E-state index >= 15 is 0 Å². The normalized spacial score (nSPS) is 18.2. The third-order valence-corrected chi connectivity index (χ3v) is 3.73. The Balaban J connectivity index is 2.11. The van der Waals surface area contributed by atoms with Gasteiger partial charge in [-0.05, 0) is 25.2 Å². The van der Waals surface area contributed by atoms with Gasteiger partial charge in [-0.2, -0.15) is 0 Å². The Morgan fingerprint density at radius 3 is 2.45 bits per heavy atom. The third-order valence-electron chi connectivity index (χ3n) is 3.24. The summed E-state index contributed by atoms with van der Waals surface area (Å²) in [6, 6.07) is 4.58. The lowest BCUT2D eigenvalue weighted by molar-refractivity contribution is -0.275. The van der Waals surface area contributed by atoms with E-state index in [1.165, 1.54) is 6.07 Å². The average molecular weight is 353 g/mol. The Morgan fingerprint density at radius 1 is 1.20 bits per heavy atom. The molecule has 1 aromatic rings. The molecule has 112 valence electrons. The van der Waals surface area contributed by atoms with E-state index in [-0.39, 0.29) is 5.75 Å². The van der Waals surface area contributed by atoms with E-state index in [9.17, 15) is 13.2 Å². The van der Waals surface area contributed by atoms with Gasteiger partial charge >= 0.3 is 6.36 Å². The van der Waals surface area contributed by atoms with E-state index in [2.05, 4.69) is 30.5 Å². The minimum Gasteiger partial charge on any atom is -0.405 e. The predicted molar refractivity (Wildman–Crippen MR) is 73.6 cm³/mol. The van der Waals surface area contributed by atoms with Crippen LogP contribution in [0, 0.1) is 0 Å². The molecule has 0 bridgehead atoms. The molecule has 0 amide bonds. The molecule has 20 heavy (non-hydrogen) atoms. The minimum atomic E-state index is -4.66. The van der Waals surface area contributed by atoms with E-state index < -0.39 is 6.36 Å². The van der Waals surface area contributed by atoms with Crippen LogP contribution in [0.2, 0.25) is 0 Å². The molecule has 1 saturated heterocycles. The zero-order valence-electron chi connectivity index (χ0n) is 11.1. The van der Waals surface area contributed by atoms with Crippen LogP contribution in [0.15, 0.2) is 22.7 Å². The van der Waals surface area contributed by atoms with Gasteiger partial charge in [-0.15, -0.1) is 13.2 Å². The Kier molecular flexibility index (Phi) is 4.93. The zero-order valence-corrected chi connectivity index (χ0v) is 12.7. The molecule has 0 saturated carbocycles. The number of alkyl halides is 3. The van der Waals surface area contributed by atoms with Gasteiger partial charge in [-0.3, -0.25) is 4.90 Å². The number of hydrogen-bond donors (Lipinski definition) is 0. The molecule has 7 heteroatoms. The third kappa shape index (κ3) is 4.64. The molecule has 0 N–H and O–H groups in total. The lowest BCUT2D eigenvalue weighted by Gasteiger charge is -2.32. The number of ether oxygens (including phenoxy) is 1. The van der Waals surface area contributed by atoms with Crippen molar-refractivity contribution in [2.75, 3.05) is 33.2 Å². The zero-order chi connectivity index (χ0) is 14.8. The minimum absolute atomic E-state index is 0.125. The van der Waals surface area contributed by atoms with E-state index in [1.807, 2.05) is 7.05 Å². The van der Waals surface area contributed by atoms with Crippen molar-refractivity contribution in [2.45, 2.75) is 12.9 Å². The van der Waals surface area contributed by atoms with Gasteiger partial charge in [0.15, 0.2) is 0 Å². The fourth-order valence-electron chi connectivity index (χ4n) is 2.14. The molecule has 1 aliphatic heterocycles. The smallest absolute Gasteiger partial charge is 0.405 e. The maximum Gasteiger partial charge on any atom is 0.573 e. The Bertz CT molecular complexity index is 459. The molecule has 1 fully saturated rings. The summed E-state index contributed by atoms with van der Waals surface area (Å²) in [5.74, 6) is -0.125. The Labute approximate surface area is 124 Å². The van der Waals surface area contributed by atoms with E-state index in [4.69, 9.17) is 0 Å². The summed E-state index contributed by atoms with van der Waals surface area (Å²) >= 11 is 3.29. The van der Waals surface area contributed by atoms with Gasteiger partial charge in [-0.25, -0.2) is 0 Å². The number of rotatable bonds is 3. The second kappa shape index (κ2) is 6.32. The molecule has 0 radical (unpaired) electrons. The van der Waals surface area contributed by atoms with Crippen molar-refractivity contribution >= 4 is 15.9 Å². The largest absolute Gasteiger partial charge is 0.573 e. The summed E-state index contributed by atoms with van der Waals surface area (Å²) in [5.41, 5.74) is 0.543. The van der Waals surface area contributed by atoms with Gasteiger partial charge in [0.1, 0.15) is 5.75 Å². The van der Waals surface area contributed by atoms with Crippen molar-refractivity contribution in [1.29, 1.82) is 0 Å². The highest BCUT2D eigenvalue weighted by molar-refractivity contribution is 9.10. The van der Waals surface area contributed by atoms with Crippen LogP contribution < -0.4 is 4.74 Å². The van der Waals surface area contributed by atoms with Crippen molar-refractivity contribution in [3.8, 4) is 5.75 Å². The Hall–Kier alpha value is -0.790. The molecule has 0 spiro atoms. The first-order valence-corrected chi connectivity index (χ1v) is 7.08. The number of likely N-dealkylation sites (N-methyl/N-ethyl adjacent to an activating group) is 1. The molecule has 2 rings (SSSR count). The summed E-state index contributed by atoms with van der Waals surface area (Å²) in [4.78, 5) is 4.33. The van der Waals surface area contributed by atoms with Gasteiger partial charge < -0.3 is 9.64 Å². The molecule has 0 atom stereocenters. The molecule has 3 nitrogen and oxygen atoms in total. The van der Waals surface area contributed by atoms with Crippen molar-refractivity contribution < 1.29 is 17.9 Å². The monoisotopic (exact) mass is 352 g/mol. The number of piperazine rings is 1. The van der Waals surface area contributed by atoms with Gasteiger partial charge in [0.05, 0.1) is 0 Å². The molecule has 0 aromatic heterocycles. The predicted octanol–water partition coefficient (Wildman–Crippen LogP) is 3.10. The topological polar surface area (TPSA) is 15.7 Å². The van der Waals surface area contributed by atoms with Gasteiger partial charge in [0, 0.05) is 42.8 Å². The number of hydrogen-bond acceptors (Lipinski definition) is 3. The first kappa shape index (κ1) is 15.6. The standard InChI is InChI=1S/C13H16BrF3N2O/c1-18-4-6-19(7-5-18)9-10-8-11(14)2-3-12(10)20-13(15,16)17/h2-3,8H,4-7,9H2,1H3. The molecular formula is C13H16BrF3N2O. The van der Waals surface area contributed by atoms with Crippen LogP contribution in [-0.4, -0.2) is 49.4 Å². The fourth-order valence-corrected chi connectivity index (χ4v) is 2.55. The fraction of sp³-hybridized carbons (Fsp3) is 0.538. The summed E-state index contributed by atoms with van der Waals surface area (Å²) in [5, 5.41) is 0. The van der Waals surface area contributed by atoms with Gasteiger partial charge in [-0.1, -0.05) is 15.9 Å². The van der Waals surface area contributed by atoms with Crippen molar-refractivity contribution in [3.05, 3.63) is 28.2 Å². The lowest BCUT2D eigenvalue weighted by atomic mass is 10.1. The van der Waals surface area contributed by atoms with Gasteiger partial charge in [0.2, 0.25) is 0 Å². The van der Waals surface area contributed by atoms with Crippen molar-refractivity contribution in [1.82, 2.24) is 9.80 Å². The molecule has 1 aliphatic rings. The van der Waals surface area contributed by atoms with Crippen molar-refractivity contribution in [2.24, 2.45) is 0 Å². The highest BCUT2D eigenvalue weighted by atomic mass is 79.9. The number of nitrogens with zero attached hydrogens (tertiary/aromatic N) is 2. The molecule has 1 aromatic carbocycles. The lowest BCUT2D eigenvalue weighted by Crippen LogP contribution is -2.43. The van der Waals surface area contributed by atoms with Crippen LogP contribution in [0.25, 0.3) is 0 Å². The van der Waals surface area contributed by atoms with E-state index in [1.54, 1.807) is 12.1 Å². The molecule has 0 unspecified atom stereocenters. The average Bonchev–Trinajstić information content (AvgIpc) is 2.34. The van der Waals surface area contributed by atoms with Gasteiger partial charge in [0.25, 0.3) is 0 Å². The maximum absolute atomic E-state index is 12.4. The highest BCUT2D eigenvalue weighted by Crippen LogP contribution is 2.29. The summed E-state index contributed by atoms with van der Waals surface area (Å²) in [6.07, 6.45) is -4.66. The quantitative estimate of drug-likeness (QED) is 0.831. The Morgan fingerprint density at radius 2 is 1.85 bits per heavy atom. The first-order valence-electron chi connectivity index (χ1n) is 6.28. The van der Waals surface area contributed by atoms with Crippen LogP contribution in [0.4, 0.5) is 13.2 Å². The highest BCUT2D eigenvalue weighted by Gasteiger charge is 2.32. The van der Waals surface area contributed by atoms with Crippen LogP contribution >= 0.6 is 15.9 Å². The second-order valence-corrected chi connectivity index (χ2v) is 5.79. The summed E-state index contributed by atoms with van der Waals surface area (Å²) in [7, 11) is 2.04. The number of halogens is 4. The van der Waals surface area contributed by atoms with E-state index in [0.29, 0.717) is 12.1 Å².